The Morgan fingerprint density at radius 3 is 2.59 bits per heavy atom. The second kappa shape index (κ2) is 7.04. The summed E-state index contributed by atoms with van der Waals surface area (Å²) >= 11 is 0. The first kappa shape index (κ1) is 19.5. The molecule has 7 nitrogen and oxygen atoms in total. The van der Waals surface area contributed by atoms with E-state index in [1.54, 1.807) is 7.05 Å². The standard InChI is InChI=1S/C16H19F3N4O3S/c1-22-6-5-12(8-22)26-14-7-11(3-4-13(14)16(17,18)19)21-27(24,25)15-9-23(2)10-20-15/h3-4,7,9-10,12,21H,5-6,8H2,1-2H3/t12-/m1/s1. The van der Waals surface area contributed by atoms with Crippen LogP contribution in [-0.2, 0) is 23.2 Å². The molecule has 3 rings (SSSR count). The first-order valence-corrected chi connectivity index (χ1v) is 9.60. The van der Waals surface area contributed by atoms with Crippen molar-refractivity contribution in [3.8, 4) is 5.75 Å². The Morgan fingerprint density at radius 1 is 1.30 bits per heavy atom. The number of benzene rings is 1. The van der Waals surface area contributed by atoms with Crippen molar-refractivity contribution < 1.29 is 26.3 Å². The molecule has 11 heteroatoms. The number of likely N-dealkylation sites (tertiary alicyclic amines) is 1. The summed E-state index contributed by atoms with van der Waals surface area (Å²) in [6.45, 7) is 1.22. The monoisotopic (exact) mass is 404 g/mol. The molecule has 1 aromatic carbocycles. The molecule has 0 saturated carbocycles. The summed E-state index contributed by atoms with van der Waals surface area (Å²) in [6, 6.07) is 2.92. The molecule has 1 aromatic heterocycles. The van der Waals surface area contributed by atoms with Crippen molar-refractivity contribution in [1.29, 1.82) is 0 Å². The van der Waals surface area contributed by atoms with E-state index in [2.05, 4.69) is 9.71 Å². The van der Waals surface area contributed by atoms with Crippen LogP contribution >= 0.6 is 0 Å². The maximum Gasteiger partial charge on any atom is 0.419 e. The molecule has 1 saturated heterocycles. The average Bonchev–Trinajstić information content (AvgIpc) is 3.15. The fourth-order valence-corrected chi connectivity index (χ4v) is 3.86. The number of anilines is 1. The van der Waals surface area contributed by atoms with Crippen LogP contribution in [0.25, 0.3) is 0 Å². The second-order valence-corrected chi connectivity index (χ2v) is 8.11. The molecule has 27 heavy (non-hydrogen) atoms. The Kier molecular flexibility index (Phi) is 5.08. The minimum absolute atomic E-state index is 0.0324. The molecule has 1 aliphatic heterocycles. The fourth-order valence-electron chi connectivity index (χ4n) is 2.82. The van der Waals surface area contributed by atoms with Gasteiger partial charge in [0.15, 0.2) is 5.03 Å². The maximum absolute atomic E-state index is 13.3. The van der Waals surface area contributed by atoms with Gasteiger partial charge in [-0.1, -0.05) is 0 Å². The Bertz CT molecular complexity index is 927. The van der Waals surface area contributed by atoms with Crippen LogP contribution in [0.3, 0.4) is 0 Å². The molecule has 0 unspecified atom stereocenters. The SMILES string of the molecule is CN1CC[C@@H](Oc2cc(NS(=O)(=O)c3cn(C)cn3)ccc2C(F)(F)F)C1. The molecule has 2 heterocycles. The van der Waals surface area contributed by atoms with Crippen molar-refractivity contribution >= 4 is 15.7 Å². The number of hydrogen-bond acceptors (Lipinski definition) is 5. The second-order valence-electron chi connectivity index (χ2n) is 6.48. The number of halogens is 3. The molecular formula is C16H19F3N4O3S. The lowest BCUT2D eigenvalue weighted by molar-refractivity contribution is -0.139. The first-order chi connectivity index (χ1) is 12.5. The number of likely N-dealkylation sites (N-methyl/N-ethyl adjacent to an activating group) is 1. The zero-order valence-electron chi connectivity index (χ0n) is 14.7. The number of aromatic nitrogens is 2. The lowest BCUT2D eigenvalue weighted by Gasteiger charge is -2.19. The Morgan fingerprint density at radius 2 is 2.04 bits per heavy atom. The topological polar surface area (TPSA) is 76.5 Å². The van der Waals surface area contributed by atoms with Gasteiger partial charge in [0.25, 0.3) is 10.0 Å². The molecule has 0 aliphatic carbocycles. The van der Waals surface area contributed by atoms with Crippen molar-refractivity contribution in [1.82, 2.24) is 14.5 Å². The quantitative estimate of drug-likeness (QED) is 0.828. The van der Waals surface area contributed by atoms with Gasteiger partial charge in [0.05, 0.1) is 17.6 Å². The van der Waals surface area contributed by atoms with E-state index in [1.807, 2.05) is 11.9 Å². The summed E-state index contributed by atoms with van der Waals surface area (Å²) in [7, 11) is -0.562. The zero-order chi connectivity index (χ0) is 19.8. The third-order valence-corrected chi connectivity index (χ3v) is 5.40. The van der Waals surface area contributed by atoms with Gasteiger partial charge in [-0.3, -0.25) is 4.72 Å². The normalized spacial score (nSPS) is 18.6. The highest BCUT2D eigenvalue weighted by Gasteiger charge is 2.36. The highest BCUT2D eigenvalue weighted by Crippen LogP contribution is 2.39. The summed E-state index contributed by atoms with van der Waals surface area (Å²) in [5.74, 6) is -0.399. The smallest absolute Gasteiger partial charge is 0.419 e. The summed E-state index contributed by atoms with van der Waals surface area (Å²) in [4.78, 5) is 5.70. The number of hydrogen-bond donors (Lipinski definition) is 1. The van der Waals surface area contributed by atoms with Gasteiger partial charge in [0, 0.05) is 32.4 Å². The van der Waals surface area contributed by atoms with Crippen LogP contribution < -0.4 is 9.46 Å². The van der Waals surface area contributed by atoms with Gasteiger partial charge in [-0.2, -0.15) is 21.6 Å². The van der Waals surface area contributed by atoms with Gasteiger partial charge in [0.2, 0.25) is 0 Å². The van der Waals surface area contributed by atoms with Crippen molar-refractivity contribution in [2.75, 3.05) is 24.9 Å². The molecule has 0 bridgehead atoms. The maximum atomic E-state index is 13.3. The molecule has 1 atom stereocenters. The first-order valence-electron chi connectivity index (χ1n) is 8.12. The van der Waals surface area contributed by atoms with E-state index in [9.17, 15) is 21.6 Å². The van der Waals surface area contributed by atoms with Gasteiger partial charge in [-0.15, -0.1) is 0 Å². The summed E-state index contributed by atoms with van der Waals surface area (Å²) in [5.41, 5.74) is -0.979. The fraction of sp³-hybridized carbons (Fsp3) is 0.438. The zero-order valence-corrected chi connectivity index (χ0v) is 15.5. The molecular weight excluding hydrogens is 385 g/mol. The third-order valence-electron chi connectivity index (χ3n) is 4.14. The molecule has 0 radical (unpaired) electrons. The van der Waals surface area contributed by atoms with Crippen LogP contribution in [0.4, 0.5) is 18.9 Å². The summed E-state index contributed by atoms with van der Waals surface area (Å²) in [6.07, 6.45) is -1.81. The number of rotatable bonds is 5. The van der Waals surface area contributed by atoms with Crippen LogP contribution in [-0.4, -0.2) is 49.1 Å². The molecule has 2 aromatic rings. The van der Waals surface area contributed by atoms with E-state index in [0.717, 1.165) is 24.7 Å². The molecule has 148 valence electrons. The number of nitrogens with zero attached hydrogens (tertiary/aromatic N) is 3. The largest absolute Gasteiger partial charge is 0.488 e. The van der Waals surface area contributed by atoms with Crippen LogP contribution in [0, 0.1) is 0 Å². The lowest BCUT2D eigenvalue weighted by Crippen LogP contribution is -2.23. The van der Waals surface area contributed by atoms with E-state index in [1.165, 1.54) is 17.1 Å². The Labute approximate surface area is 154 Å². The average molecular weight is 404 g/mol. The molecule has 0 amide bonds. The summed E-state index contributed by atoms with van der Waals surface area (Å²) < 4.78 is 73.8. The number of sulfonamides is 1. The van der Waals surface area contributed by atoms with Crippen molar-refractivity contribution in [2.45, 2.75) is 23.7 Å². The van der Waals surface area contributed by atoms with E-state index < -0.39 is 33.6 Å². The van der Waals surface area contributed by atoms with Crippen LogP contribution in [0.5, 0.6) is 5.75 Å². The predicted molar refractivity (Wildman–Crippen MR) is 92.0 cm³/mol. The van der Waals surface area contributed by atoms with E-state index in [-0.39, 0.29) is 10.7 Å². The molecule has 1 aliphatic rings. The number of ether oxygens (including phenoxy) is 1. The Hall–Kier alpha value is -2.27. The van der Waals surface area contributed by atoms with Gasteiger partial charge in [-0.25, -0.2) is 4.98 Å². The highest BCUT2D eigenvalue weighted by molar-refractivity contribution is 7.92. The molecule has 1 N–H and O–H groups in total. The highest BCUT2D eigenvalue weighted by atomic mass is 32.2. The number of aryl methyl sites for hydroxylation is 1. The third kappa shape index (κ3) is 4.53. The predicted octanol–water partition coefficient (Wildman–Crippen LogP) is 2.32. The van der Waals surface area contributed by atoms with Gasteiger partial charge < -0.3 is 14.2 Å². The minimum atomic E-state index is -4.61. The van der Waals surface area contributed by atoms with Gasteiger partial charge in [0.1, 0.15) is 11.9 Å². The number of alkyl halides is 3. The van der Waals surface area contributed by atoms with Crippen LogP contribution in [0.15, 0.2) is 35.7 Å². The summed E-state index contributed by atoms with van der Waals surface area (Å²) in [5, 5.41) is -0.232. The van der Waals surface area contributed by atoms with Gasteiger partial charge >= 0.3 is 6.18 Å². The van der Waals surface area contributed by atoms with Crippen LogP contribution in [0.1, 0.15) is 12.0 Å². The number of imidazole rings is 1. The van der Waals surface area contributed by atoms with Crippen molar-refractivity contribution in [3.05, 3.63) is 36.3 Å². The number of nitrogens with one attached hydrogen (secondary N) is 1. The van der Waals surface area contributed by atoms with Crippen LogP contribution in [0.2, 0.25) is 0 Å². The molecule has 1 fully saturated rings. The van der Waals surface area contributed by atoms with Crippen molar-refractivity contribution in [2.24, 2.45) is 7.05 Å². The van der Waals surface area contributed by atoms with Gasteiger partial charge in [-0.05, 0) is 25.6 Å². The molecule has 0 spiro atoms. The van der Waals surface area contributed by atoms with E-state index in [0.29, 0.717) is 13.0 Å². The Balaban J connectivity index is 1.89. The minimum Gasteiger partial charge on any atom is -0.488 e. The van der Waals surface area contributed by atoms with E-state index >= 15 is 0 Å². The van der Waals surface area contributed by atoms with Crippen molar-refractivity contribution in [3.63, 3.8) is 0 Å². The lowest BCUT2D eigenvalue weighted by atomic mass is 10.1. The van der Waals surface area contributed by atoms with E-state index in [4.69, 9.17) is 4.74 Å².